The molecule has 3 rings (SSSR count). The summed E-state index contributed by atoms with van der Waals surface area (Å²) in [5.74, 6) is 0.993. The monoisotopic (exact) mass is 315 g/mol. The van der Waals surface area contributed by atoms with Gasteiger partial charge in [-0.3, -0.25) is 0 Å². The third-order valence-corrected chi connectivity index (χ3v) is 4.32. The zero-order chi connectivity index (χ0) is 15.5. The first-order chi connectivity index (χ1) is 10.7. The minimum Gasteiger partial charge on any atom is -0.363 e. The highest BCUT2D eigenvalue weighted by Gasteiger charge is 2.21. The maximum absolute atomic E-state index is 5.39. The molecule has 0 aliphatic carbocycles. The number of rotatable bonds is 2. The molecule has 0 saturated carbocycles. The number of nitrogens with zero attached hydrogens (tertiary/aromatic N) is 4. The first kappa shape index (κ1) is 15.0. The van der Waals surface area contributed by atoms with Crippen molar-refractivity contribution in [3.8, 4) is 0 Å². The van der Waals surface area contributed by atoms with Gasteiger partial charge in [0, 0.05) is 32.7 Å². The van der Waals surface area contributed by atoms with E-state index in [0.29, 0.717) is 0 Å². The second-order valence-electron chi connectivity index (χ2n) is 5.43. The Hall–Kier alpha value is -1.95. The Labute approximate surface area is 136 Å². The first-order valence-electron chi connectivity index (χ1n) is 7.70. The van der Waals surface area contributed by atoms with Gasteiger partial charge >= 0.3 is 0 Å². The number of thiocarbonyl (C=S) groups is 1. The average molecular weight is 315 g/mol. The maximum atomic E-state index is 5.39. The van der Waals surface area contributed by atoms with E-state index in [2.05, 4.69) is 27.0 Å². The second kappa shape index (κ2) is 6.44. The van der Waals surface area contributed by atoms with E-state index in [-0.39, 0.29) is 0 Å². The van der Waals surface area contributed by atoms with Crippen LogP contribution in [-0.2, 0) is 0 Å². The Balaban J connectivity index is 1.76. The molecule has 0 amide bonds. The Morgan fingerprint density at radius 2 is 1.77 bits per heavy atom. The lowest BCUT2D eigenvalue weighted by atomic mass is 10.2. The maximum Gasteiger partial charge on any atom is 0.169 e. The van der Waals surface area contributed by atoms with Gasteiger partial charge in [0.25, 0.3) is 0 Å². The molecule has 1 N–H and O–H groups in total. The molecule has 0 atom stereocenters. The molecule has 5 nitrogen and oxygen atoms in total. The summed E-state index contributed by atoms with van der Waals surface area (Å²) in [5.41, 5.74) is 2.89. The van der Waals surface area contributed by atoms with Crippen LogP contribution in [0.15, 0.2) is 24.3 Å². The number of fused-ring (bicyclic) bond motifs is 1. The van der Waals surface area contributed by atoms with Gasteiger partial charge in [-0.25, -0.2) is 9.97 Å². The molecule has 0 radical (unpaired) electrons. The molecule has 0 bridgehead atoms. The van der Waals surface area contributed by atoms with E-state index in [1.54, 1.807) is 0 Å². The van der Waals surface area contributed by atoms with E-state index in [0.717, 1.165) is 60.4 Å². The number of hydrogen-bond acceptors (Lipinski definition) is 4. The smallest absolute Gasteiger partial charge is 0.169 e. The van der Waals surface area contributed by atoms with Crippen molar-refractivity contribution in [3.63, 3.8) is 0 Å². The Morgan fingerprint density at radius 1 is 1.14 bits per heavy atom. The van der Waals surface area contributed by atoms with Crippen molar-refractivity contribution in [3.05, 3.63) is 30.0 Å². The Kier molecular flexibility index (Phi) is 4.38. The molecule has 1 aromatic carbocycles. The number of anilines is 1. The van der Waals surface area contributed by atoms with Gasteiger partial charge in [0.2, 0.25) is 0 Å². The summed E-state index contributed by atoms with van der Waals surface area (Å²) in [7, 11) is 0. The van der Waals surface area contributed by atoms with Crippen molar-refractivity contribution in [2.24, 2.45) is 0 Å². The van der Waals surface area contributed by atoms with E-state index in [1.165, 1.54) is 0 Å². The zero-order valence-corrected chi connectivity index (χ0v) is 13.9. The second-order valence-corrected chi connectivity index (χ2v) is 5.82. The highest BCUT2D eigenvalue weighted by Crippen LogP contribution is 2.21. The van der Waals surface area contributed by atoms with Crippen molar-refractivity contribution >= 4 is 34.2 Å². The van der Waals surface area contributed by atoms with Crippen molar-refractivity contribution in [2.45, 2.75) is 13.8 Å². The van der Waals surface area contributed by atoms with Gasteiger partial charge in [-0.15, -0.1) is 0 Å². The number of nitrogens with one attached hydrogen (secondary N) is 1. The number of para-hydroxylation sites is 2. The quantitative estimate of drug-likeness (QED) is 0.855. The van der Waals surface area contributed by atoms with Gasteiger partial charge < -0.3 is 15.1 Å². The van der Waals surface area contributed by atoms with Crippen molar-refractivity contribution in [1.82, 2.24) is 20.2 Å². The van der Waals surface area contributed by atoms with Crippen molar-refractivity contribution < 1.29 is 0 Å². The van der Waals surface area contributed by atoms with Gasteiger partial charge in [-0.1, -0.05) is 12.1 Å². The van der Waals surface area contributed by atoms with Crippen molar-refractivity contribution in [1.29, 1.82) is 0 Å². The molecular formula is C16H21N5S. The molecule has 6 heteroatoms. The lowest BCUT2D eigenvalue weighted by molar-refractivity contribution is 0.379. The van der Waals surface area contributed by atoms with Crippen LogP contribution < -0.4 is 10.2 Å². The van der Waals surface area contributed by atoms with E-state index >= 15 is 0 Å². The molecule has 1 fully saturated rings. The predicted molar refractivity (Wildman–Crippen MR) is 94.3 cm³/mol. The number of aromatic nitrogens is 2. The summed E-state index contributed by atoms with van der Waals surface area (Å²) in [4.78, 5) is 14.0. The van der Waals surface area contributed by atoms with E-state index in [1.807, 2.05) is 31.2 Å². The molecule has 1 saturated heterocycles. The summed E-state index contributed by atoms with van der Waals surface area (Å²) in [6.45, 7) is 8.63. The molecular weight excluding hydrogens is 294 g/mol. The normalized spacial score (nSPS) is 15.2. The highest BCUT2D eigenvalue weighted by atomic mass is 32.1. The fourth-order valence-electron chi connectivity index (χ4n) is 2.76. The SMILES string of the molecule is CCNC(=S)N1CCN(c2nc3ccccc3nc2C)CC1. The molecule has 2 aromatic rings. The largest absolute Gasteiger partial charge is 0.363 e. The topological polar surface area (TPSA) is 44.3 Å². The van der Waals surface area contributed by atoms with Crippen LogP contribution >= 0.6 is 12.2 Å². The van der Waals surface area contributed by atoms with Crippen LogP contribution in [0.3, 0.4) is 0 Å². The van der Waals surface area contributed by atoms with Crippen LogP contribution in [-0.4, -0.2) is 52.7 Å². The molecule has 0 unspecified atom stereocenters. The summed E-state index contributed by atoms with van der Waals surface area (Å²) in [5, 5.41) is 4.07. The number of piperazine rings is 1. The molecule has 116 valence electrons. The minimum atomic E-state index is 0.850. The van der Waals surface area contributed by atoms with Crippen LogP contribution in [0.4, 0.5) is 5.82 Å². The van der Waals surface area contributed by atoms with Crippen LogP contribution in [0, 0.1) is 6.92 Å². The molecule has 0 spiro atoms. The van der Waals surface area contributed by atoms with Crippen molar-refractivity contribution in [2.75, 3.05) is 37.6 Å². The molecule has 1 aliphatic heterocycles. The fraction of sp³-hybridized carbons (Fsp3) is 0.438. The molecule has 2 heterocycles. The average Bonchev–Trinajstić information content (AvgIpc) is 2.54. The van der Waals surface area contributed by atoms with Crippen LogP contribution in [0.1, 0.15) is 12.6 Å². The number of hydrogen-bond donors (Lipinski definition) is 1. The van der Waals surface area contributed by atoms with E-state index < -0.39 is 0 Å². The van der Waals surface area contributed by atoms with Crippen LogP contribution in [0.2, 0.25) is 0 Å². The summed E-state index contributed by atoms with van der Waals surface area (Å²) in [6.07, 6.45) is 0. The van der Waals surface area contributed by atoms with Gasteiger partial charge in [-0.05, 0) is 38.2 Å². The summed E-state index contributed by atoms with van der Waals surface area (Å²) >= 11 is 5.39. The predicted octanol–water partition coefficient (Wildman–Crippen LogP) is 1.95. The molecule has 1 aliphatic rings. The Morgan fingerprint density at radius 3 is 2.41 bits per heavy atom. The standard InChI is InChI=1S/C16H21N5S/c1-3-17-16(22)21-10-8-20(9-11-21)15-12(2)18-13-6-4-5-7-14(13)19-15/h4-7H,3,8-11H2,1-2H3,(H,17,22). The summed E-state index contributed by atoms with van der Waals surface area (Å²) in [6, 6.07) is 8.02. The zero-order valence-electron chi connectivity index (χ0n) is 13.0. The van der Waals surface area contributed by atoms with E-state index in [4.69, 9.17) is 17.2 Å². The number of aryl methyl sites for hydroxylation is 1. The highest BCUT2D eigenvalue weighted by molar-refractivity contribution is 7.80. The van der Waals surface area contributed by atoms with Gasteiger partial charge in [0.05, 0.1) is 16.7 Å². The van der Waals surface area contributed by atoms with Gasteiger partial charge in [-0.2, -0.15) is 0 Å². The molecule has 22 heavy (non-hydrogen) atoms. The fourth-order valence-corrected chi connectivity index (χ4v) is 3.09. The van der Waals surface area contributed by atoms with Crippen LogP contribution in [0.25, 0.3) is 11.0 Å². The first-order valence-corrected chi connectivity index (χ1v) is 8.11. The third kappa shape index (κ3) is 2.97. The number of benzene rings is 1. The lowest BCUT2D eigenvalue weighted by Gasteiger charge is -2.37. The van der Waals surface area contributed by atoms with Gasteiger partial charge in [0.1, 0.15) is 0 Å². The van der Waals surface area contributed by atoms with E-state index in [9.17, 15) is 0 Å². The summed E-state index contributed by atoms with van der Waals surface area (Å²) < 4.78 is 0. The Bertz CT molecular complexity index is 679. The lowest BCUT2D eigenvalue weighted by Crippen LogP contribution is -2.52. The van der Waals surface area contributed by atoms with Gasteiger partial charge in [0.15, 0.2) is 10.9 Å². The minimum absolute atomic E-state index is 0.850. The van der Waals surface area contributed by atoms with Crippen LogP contribution in [0.5, 0.6) is 0 Å². The molecule has 1 aromatic heterocycles. The third-order valence-electron chi connectivity index (χ3n) is 3.91.